The molecule has 130 valence electrons. The number of morpholine rings is 1. The fraction of sp³-hybridized carbons (Fsp3) is 0.500. The number of halogens is 1. The molecule has 0 aliphatic carbocycles. The first-order chi connectivity index (χ1) is 11.2. The molecular formula is C16H21ClN4O3. The molecule has 0 unspecified atom stereocenters. The van der Waals surface area contributed by atoms with E-state index in [2.05, 4.69) is 4.90 Å². The minimum absolute atomic E-state index is 0. The van der Waals surface area contributed by atoms with Crippen LogP contribution in [0.4, 0.5) is 0 Å². The summed E-state index contributed by atoms with van der Waals surface area (Å²) >= 11 is 0. The van der Waals surface area contributed by atoms with E-state index in [-0.39, 0.29) is 35.7 Å². The molecule has 24 heavy (non-hydrogen) atoms. The predicted molar refractivity (Wildman–Crippen MR) is 94.0 cm³/mol. The second-order valence-electron chi connectivity index (χ2n) is 6.24. The van der Waals surface area contributed by atoms with Crippen molar-refractivity contribution in [1.82, 2.24) is 14.0 Å². The number of hydrogen-bond donors (Lipinski definition) is 1. The molecule has 2 aromatic rings. The molecule has 2 aliphatic rings. The number of nitrogens with two attached hydrogens (primary N) is 1. The zero-order valence-corrected chi connectivity index (χ0v) is 14.1. The van der Waals surface area contributed by atoms with Crippen molar-refractivity contribution in [2.24, 2.45) is 5.73 Å². The third kappa shape index (κ3) is 2.77. The quantitative estimate of drug-likeness (QED) is 0.827. The summed E-state index contributed by atoms with van der Waals surface area (Å²) in [5.74, 6) is 0. The summed E-state index contributed by atoms with van der Waals surface area (Å²) in [5.41, 5.74) is 6.32. The van der Waals surface area contributed by atoms with Gasteiger partial charge in [-0.3, -0.25) is 23.6 Å². The first kappa shape index (κ1) is 17.2. The molecule has 8 heteroatoms. The first-order valence-electron chi connectivity index (χ1n) is 7.96. The van der Waals surface area contributed by atoms with Crippen molar-refractivity contribution < 1.29 is 4.74 Å². The summed E-state index contributed by atoms with van der Waals surface area (Å²) < 4.78 is 9.07. The van der Waals surface area contributed by atoms with E-state index in [0.29, 0.717) is 19.7 Å². The highest BCUT2D eigenvalue weighted by atomic mass is 35.5. The lowest BCUT2D eigenvalue weighted by atomic mass is 10.2. The SMILES string of the molecule is Cl.NC[C@H]1CN(C[C@@H]2Cn3c(=O)ccc4ccc(=O)n2c43)CCO1. The van der Waals surface area contributed by atoms with Gasteiger partial charge >= 0.3 is 0 Å². The average molecular weight is 353 g/mol. The number of pyridine rings is 2. The molecule has 1 saturated heterocycles. The van der Waals surface area contributed by atoms with E-state index < -0.39 is 0 Å². The van der Waals surface area contributed by atoms with Crippen LogP contribution < -0.4 is 16.9 Å². The molecule has 1 fully saturated rings. The Morgan fingerprint density at radius 1 is 1.12 bits per heavy atom. The van der Waals surface area contributed by atoms with Gasteiger partial charge < -0.3 is 10.5 Å². The van der Waals surface area contributed by atoms with Crippen LogP contribution in [0.1, 0.15) is 6.04 Å². The number of hydrogen-bond acceptors (Lipinski definition) is 5. The highest BCUT2D eigenvalue weighted by molar-refractivity contribution is 5.85. The third-order valence-corrected chi connectivity index (χ3v) is 4.77. The van der Waals surface area contributed by atoms with Gasteiger partial charge in [0.2, 0.25) is 0 Å². The molecule has 2 N–H and O–H groups in total. The van der Waals surface area contributed by atoms with Crippen LogP contribution in [-0.2, 0) is 11.3 Å². The fourth-order valence-electron chi connectivity index (χ4n) is 3.68. The minimum Gasteiger partial charge on any atom is -0.374 e. The molecule has 0 spiro atoms. The van der Waals surface area contributed by atoms with Crippen LogP contribution in [0.2, 0.25) is 0 Å². The standard InChI is InChI=1S/C16H20N4O3.ClH/c17-7-13-10-18(5-6-23-13)8-12-9-19-14(21)3-1-11-2-4-15(22)20(12)16(11)19;/h1-4,12-13H,5-10,17H2;1H/t12-,13+;/m1./s1. The van der Waals surface area contributed by atoms with Crippen LogP contribution in [0.15, 0.2) is 33.9 Å². The topological polar surface area (TPSA) is 82.5 Å². The highest BCUT2D eigenvalue weighted by Gasteiger charge is 2.29. The maximum Gasteiger partial charge on any atom is 0.252 e. The van der Waals surface area contributed by atoms with E-state index in [0.717, 1.165) is 30.7 Å². The Kier molecular flexibility index (Phi) is 4.78. The predicted octanol–water partition coefficient (Wildman–Crippen LogP) is -0.201. The Morgan fingerprint density at radius 3 is 2.62 bits per heavy atom. The zero-order valence-electron chi connectivity index (χ0n) is 13.3. The number of aromatic nitrogens is 2. The Morgan fingerprint density at radius 2 is 1.88 bits per heavy atom. The molecule has 2 aromatic heterocycles. The normalized spacial score (nSPS) is 23.4. The molecule has 0 amide bonds. The monoisotopic (exact) mass is 352 g/mol. The Bertz CT molecular complexity index is 857. The highest BCUT2D eigenvalue weighted by Crippen LogP contribution is 2.24. The van der Waals surface area contributed by atoms with Gasteiger partial charge in [-0.1, -0.05) is 0 Å². The van der Waals surface area contributed by atoms with Gasteiger partial charge in [0.1, 0.15) is 5.65 Å². The van der Waals surface area contributed by atoms with Crippen molar-refractivity contribution in [3.05, 3.63) is 45.0 Å². The lowest BCUT2D eigenvalue weighted by molar-refractivity contribution is -0.0271. The maximum atomic E-state index is 12.4. The minimum atomic E-state index is -0.0545. The average Bonchev–Trinajstić information content (AvgIpc) is 2.95. The van der Waals surface area contributed by atoms with E-state index in [1.807, 2.05) is 0 Å². The summed E-state index contributed by atoms with van der Waals surface area (Å²) in [6.45, 7) is 4.00. The largest absolute Gasteiger partial charge is 0.374 e. The van der Waals surface area contributed by atoms with Crippen molar-refractivity contribution in [2.45, 2.75) is 18.7 Å². The number of ether oxygens (including phenoxy) is 1. The summed E-state index contributed by atoms with van der Waals surface area (Å²) in [6.07, 6.45) is 0.0442. The van der Waals surface area contributed by atoms with Crippen molar-refractivity contribution >= 4 is 23.4 Å². The van der Waals surface area contributed by atoms with E-state index in [9.17, 15) is 9.59 Å². The first-order valence-corrected chi connectivity index (χ1v) is 7.96. The van der Waals surface area contributed by atoms with E-state index >= 15 is 0 Å². The van der Waals surface area contributed by atoms with Gasteiger partial charge in [0.25, 0.3) is 11.1 Å². The lowest BCUT2D eigenvalue weighted by Gasteiger charge is -2.34. The second-order valence-corrected chi connectivity index (χ2v) is 6.24. The summed E-state index contributed by atoms with van der Waals surface area (Å²) in [7, 11) is 0. The van der Waals surface area contributed by atoms with Gasteiger partial charge in [-0.05, 0) is 12.1 Å². The van der Waals surface area contributed by atoms with Crippen LogP contribution in [0.5, 0.6) is 0 Å². The van der Waals surface area contributed by atoms with Crippen LogP contribution in [0.25, 0.3) is 11.0 Å². The summed E-state index contributed by atoms with van der Waals surface area (Å²) in [5, 5.41) is 0.925. The maximum absolute atomic E-state index is 12.4. The molecule has 7 nitrogen and oxygen atoms in total. The molecule has 2 aliphatic heterocycles. The van der Waals surface area contributed by atoms with Crippen LogP contribution in [0, 0.1) is 0 Å². The number of rotatable bonds is 3. The molecule has 2 atom stereocenters. The Hall–Kier alpha value is -1.67. The molecule has 0 saturated carbocycles. The summed E-state index contributed by atoms with van der Waals surface area (Å²) in [4.78, 5) is 26.8. The van der Waals surface area contributed by atoms with Gasteiger partial charge in [0.15, 0.2) is 0 Å². The van der Waals surface area contributed by atoms with Gasteiger partial charge in [-0.25, -0.2) is 0 Å². The van der Waals surface area contributed by atoms with Crippen LogP contribution in [-0.4, -0.2) is 52.9 Å². The van der Waals surface area contributed by atoms with Gasteiger partial charge in [-0.15, -0.1) is 12.4 Å². The van der Waals surface area contributed by atoms with Gasteiger partial charge in [0, 0.05) is 50.2 Å². The Labute approximate surface area is 145 Å². The second kappa shape index (κ2) is 6.68. The third-order valence-electron chi connectivity index (χ3n) is 4.77. The molecule has 0 radical (unpaired) electrons. The zero-order chi connectivity index (χ0) is 16.0. The van der Waals surface area contributed by atoms with Crippen molar-refractivity contribution in [3.63, 3.8) is 0 Å². The van der Waals surface area contributed by atoms with Gasteiger partial charge in [0.05, 0.1) is 18.8 Å². The van der Waals surface area contributed by atoms with E-state index in [1.165, 1.54) is 0 Å². The molecule has 4 rings (SSSR count). The molecule has 0 bridgehead atoms. The van der Waals surface area contributed by atoms with Crippen LogP contribution in [0.3, 0.4) is 0 Å². The van der Waals surface area contributed by atoms with Crippen molar-refractivity contribution in [2.75, 3.05) is 32.8 Å². The smallest absolute Gasteiger partial charge is 0.252 e. The van der Waals surface area contributed by atoms with Crippen molar-refractivity contribution in [1.29, 1.82) is 0 Å². The fourth-order valence-corrected chi connectivity index (χ4v) is 3.68. The molecule has 0 aromatic carbocycles. The molecular weight excluding hydrogens is 332 g/mol. The van der Waals surface area contributed by atoms with E-state index in [1.54, 1.807) is 33.4 Å². The molecule has 4 heterocycles. The number of nitrogens with zero attached hydrogens (tertiary/aromatic N) is 3. The van der Waals surface area contributed by atoms with Gasteiger partial charge in [-0.2, -0.15) is 0 Å². The van der Waals surface area contributed by atoms with Crippen LogP contribution >= 0.6 is 12.4 Å². The summed E-state index contributed by atoms with van der Waals surface area (Å²) in [6, 6.07) is 6.69. The van der Waals surface area contributed by atoms with E-state index in [4.69, 9.17) is 10.5 Å². The lowest BCUT2D eigenvalue weighted by Crippen LogP contribution is -2.47. The van der Waals surface area contributed by atoms with Crippen molar-refractivity contribution in [3.8, 4) is 0 Å². The Balaban J connectivity index is 0.00000169.